The third kappa shape index (κ3) is 3.72. The molecule has 5 nitrogen and oxygen atoms in total. The average molecular weight is 248 g/mol. The first kappa shape index (κ1) is 12.9. The number of ether oxygens (including phenoxy) is 1. The van der Waals surface area contributed by atoms with Crippen molar-refractivity contribution < 1.29 is 4.74 Å². The lowest BCUT2D eigenvalue weighted by Crippen LogP contribution is -2.18. The second-order valence-electron chi connectivity index (χ2n) is 4.34. The minimum absolute atomic E-state index is 0.745. The van der Waals surface area contributed by atoms with Gasteiger partial charge in [-0.25, -0.2) is 0 Å². The molecule has 2 heterocycles. The highest BCUT2D eigenvalue weighted by atomic mass is 16.5. The molecule has 2 rings (SSSR count). The van der Waals surface area contributed by atoms with Crippen LogP contribution in [0, 0.1) is 0 Å². The maximum atomic E-state index is 4.99. The van der Waals surface area contributed by atoms with E-state index in [9.17, 15) is 0 Å². The molecular formula is C13H20N4O. The van der Waals surface area contributed by atoms with E-state index in [0.29, 0.717) is 0 Å². The molecule has 0 radical (unpaired) electrons. The third-order valence-corrected chi connectivity index (χ3v) is 2.74. The maximum absolute atomic E-state index is 4.99. The van der Waals surface area contributed by atoms with Crippen LogP contribution in [0.1, 0.15) is 11.3 Å². The summed E-state index contributed by atoms with van der Waals surface area (Å²) in [5.41, 5.74) is 2.36. The van der Waals surface area contributed by atoms with Gasteiger partial charge in [0.25, 0.3) is 0 Å². The maximum Gasteiger partial charge on any atom is 0.0821 e. The number of methoxy groups -OCH3 is 1. The van der Waals surface area contributed by atoms with E-state index in [1.807, 2.05) is 24.0 Å². The molecule has 2 aromatic heterocycles. The SMILES string of the molecule is COCCNCc1ccn(Cc2ccn(C)n2)c1. The van der Waals surface area contributed by atoms with E-state index in [2.05, 4.69) is 33.4 Å². The van der Waals surface area contributed by atoms with E-state index >= 15 is 0 Å². The largest absolute Gasteiger partial charge is 0.383 e. The minimum atomic E-state index is 0.745. The molecule has 0 aliphatic rings. The number of aryl methyl sites for hydroxylation is 1. The Morgan fingerprint density at radius 1 is 1.33 bits per heavy atom. The number of nitrogens with zero attached hydrogens (tertiary/aromatic N) is 3. The molecule has 98 valence electrons. The summed E-state index contributed by atoms with van der Waals surface area (Å²) >= 11 is 0. The molecule has 0 aliphatic carbocycles. The monoisotopic (exact) mass is 248 g/mol. The molecular weight excluding hydrogens is 228 g/mol. The van der Waals surface area contributed by atoms with Crippen LogP contribution in [0.3, 0.4) is 0 Å². The summed E-state index contributed by atoms with van der Waals surface area (Å²) in [6.45, 7) is 3.31. The van der Waals surface area contributed by atoms with Crippen LogP contribution in [-0.4, -0.2) is 34.6 Å². The Morgan fingerprint density at radius 3 is 2.94 bits per heavy atom. The van der Waals surface area contributed by atoms with Crippen molar-refractivity contribution in [3.05, 3.63) is 42.0 Å². The zero-order chi connectivity index (χ0) is 12.8. The van der Waals surface area contributed by atoms with E-state index in [1.54, 1.807) is 7.11 Å². The second-order valence-corrected chi connectivity index (χ2v) is 4.34. The molecule has 0 fully saturated rings. The van der Waals surface area contributed by atoms with Crippen molar-refractivity contribution in [2.45, 2.75) is 13.1 Å². The fourth-order valence-corrected chi connectivity index (χ4v) is 1.83. The molecule has 0 saturated heterocycles. The Balaban J connectivity index is 1.82. The van der Waals surface area contributed by atoms with Crippen molar-refractivity contribution in [3.8, 4) is 0 Å². The Bertz CT molecular complexity index is 475. The number of hydrogen-bond acceptors (Lipinski definition) is 3. The molecule has 5 heteroatoms. The minimum Gasteiger partial charge on any atom is -0.383 e. The predicted octanol–water partition coefficient (Wildman–Crippen LogP) is 1.01. The van der Waals surface area contributed by atoms with E-state index < -0.39 is 0 Å². The van der Waals surface area contributed by atoms with Gasteiger partial charge in [0.05, 0.1) is 18.8 Å². The van der Waals surface area contributed by atoms with Gasteiger partial charge in [-0.1, -0.05) is 0 Å². The van der Waals surface area contributed by atoms with Gasteiger partial charge in [0, 0.05) is 45.8 Å². The van der Waals surface area contributed by atoms with Crippen molar-refractivity contribution in [1.82, 2.24) is 19.7 Å². The highest BCUT2D eigenvalue weighted by Gasteiger charge is 2.00. The van der Waals surface area contributed by atoms with Crippen molar-refractivity contribution in [2.24, 2.45) is 7.05 Å². The van der Waals surface area contributed by atoms with Crippen molar-refractivity contribution >= 4 is 0 Å². The molecule has 0 bridgehead atoms. The Hall–Kier alpha value is -1.59. The van der Waals surface area contributed by atoms with Gasteiger partial charge in [-0.15, -0.1) is 0 Å². The molecule has 2 aromatic rings. The molecule has 18 heavy (non-hydrogen) atoms. The third-order valence-electron chi connectivity index (χ3n) is 2.74. The smallest absolute Gasteiger partial charge is 0.0821 e. The first-order chi connectivity index (χ1) is 8.78. The summed E-state index contributed by atoms with van der Waals surface area (Å²) in [5.74, 6) is 0. The summed E-state index contributed by atoms with van der Waals surface area (Å²) in [5, 5.41) is 7.69. The molecule has 1 N–H and O–H groups in total. The van der Waals surface area contributed by atoms with Gasteiger partial charge in [0.1, 0.15) is 0 Å². The highest BCUT2D eigenvalue weighted by Crippen LogP contribution is 2.04. The highest BCUT2D eigenvalue weighted by molar-refractivity contribution is 5.12. The normalized spacial score (nSPS) is 11.0. The van der Waals surface area contributed by atoms with Gasteiger partial charge in [-0.2, -0.15) is 5.10 Å². The Labute approximate surface area is 107 Å². The number of aromatic nitrogens is 3. The quantitative estimate of drug-likeness (QED) is 0.744. The van der Waals surface area contributed by atoms with E-state index in [1.165, 1.54) is 5.56 Å². The molecule has 0 unspecified atom stereocenters. The number of hydrogen-bond donors (Lipinski definition) is 1. The van der Waals surface area contributed by atoms with E-state index in [4.69, 9.17) is 4.74 Å². The summed E-state index contributed by atoms with van der Waals surface area (Å²) < 4.78 is 8.96. The molecule has 0 aromatic carbocycles. The molecule has 0 spiro atoms. The van der Waals surface area contributed by atoms with Crippen LogP contribution >= 0.6 is 0 Å². The van der Waals surface area contributed by atoms with Crippen LogP contribution in [-0.2, 0) is 24.9 Å². The van der Waals surface area contributed by atoms with Gasteiger partial charge < -0.3 is 14.6 Å². The lowest BCUT2D eigenvalue weighted by atomic mass is 10.3. The first-order valence-corrected chi connectivity index (χ1v) is 6.11. The zero-order valence-corrected chi connectivity index (χ0v) is 11.0. The molecule has 0 aliphatic heterocycles. The lowest BCUT2D eigenvalue weighted by molar-refractivity contribution is 0.199. The van der Waals surface area contributed by atoms with Crippen LogP contribution < -0.4 is 5.32 Å². The van der Waals surface area contributed by atoms with Gasteiger partial charge >= 0.3 is 0 Å². The van der Waals surface area contributed by atoms with Crippen LogP contribution in [0.15, 0.2) is 30.7 Å². The van der Waals surface area contributed by atoms with Crippen LogP contribution in [0.25, 0.3) is 0 Å². The summed E-state index contributed by atoms with van der Waals surface area (Å²) in [6.07, 6.45) is 6.20. The average Bonchev–Trinajstić information content (AvgIpc) is 2.95. The first-order valence-electron chi connectivity index (χ1n) is 6.11. The second kappa shape index (κ2) is 6.37. The molecule has 0 amide bonds. The van der Waals surface area contributed by atoms with Crippen molar-refractivity contribution in [1.29, 1.82) is 0 Å². The zero-order valence-electron chi connectivity index (χ0n) is 11.0. The van der Waals surface area contributed by atoms with E-state index in [0.717, 1.165) is 31.9 Å². The molecule has 0 atom stereocenters. The van der Waals surface area contributed by atoms with Gasteiger partial charge in [-0.05, 0) is 17.7 Å². The summed E-state index contributed by atoms with van der Waals surface area (Å²) in [6, 6.07) is 4.17. The van der Waals surface area contributed by atoms with Crippen molar-refractivity contribution in [2.75, 3.05) is 20.3 Å². The summed E-state index contributed by atoms with van der Waals surface area (Å²) in [7, 11) is 3.65. The topological polar surface area (TPSA) is 44.0 Å². The van der Waals surface area contributed by atoms with Crippen LogP contribution in [0.4, 0.5) is 0 Å². The predicted molar refractivity (Wildman–Crippen MR) is 70.3 cm³/mol. The Kier molecular flexibility index (Phi) is 4.55. The summed E-state index contributed by atoms with van der Waals surface area (Å²) in [4.78, 5) is 0. The van der Waals surface area contributed by atoms with Gasteiger partial charge in [0.15, 0.2) is 0 Å². The van der Waals surface area contributed by atoms with Crippen molar-refractivity contribution in [3.63, 3.8) is 0 Å². The lowest BCUT2D eigenvalue weighted by Gasteiger charge is -2.02. The fraction of sp³-hybridized carbons (Fsp3) is 0.462. The fourth-order valence-electron chi connectivity index (χ4n) is 1.83. The molecule has 0 saturated carbocycles. The van der Waals surface area contributed by atoms with E-state index in [-0.39, 0.29) is 0 Å². The van der Waals surface area contributed by atoms with Gasteiger partial charge in [-0.3, -0.25) is 4.68 Å². The Morgan fingerprint density at radius 2 is 2.22 bits per heavy atom. The number of rotatable bonds is 7. The number of nitrogens with one attached hydrogen (secondary N) is 1. The van der Waals surface area contributed by atoms with Gasteiger partial charge in [0.2, 0.25) is 0 Å². The standard InChI is InChI=1S/C13H20N4O/c1-16-6-4-13(15-16)11-17-7-3-12(10-17)9-14-5-8-18-2/h3-4,6-7,10,14H,5,8-9,11H2,1-2H3. The van der Waals surface area contributed by atoms with Crippen LogP contribution in [0.5, 0.6) is 0 Å². The van der Waals surface area contributed by atoms with Crippen LogP contribution in [0.2, 0.25) is 0 Å².